The fraction of sp³-hybridized carbons (Fsp3) is 0.0952. The summed E-state index contributed by atoms with van der Waals surface area (Å²) in [5.74, 6) is -0.964. The van der Waals surface area contributed by atoms with Gasteiger partial charge in [0.25, 0.3) is 15.9 Å². The number of nitrogens with one attached hydrogen (secondary N) is 2. The smallest absolute Gasteiger partial charge is 0.262 e. The number of carbonyl (C=O) groups is 1. The normalized spacial score (nSPS) is 11.0. The minimum absolute atomic E-state index is 0.0188. The Hall–Kier alpha value is -3.39. The Morgan fingerprint density at radius 1 is 1.00 bits per heavy atom. The summed E-state index contributed by atoms with van der Waals surface area (Å²) in [6.07, 6.45) is 0. The molecule has 3 aromatic rings. The highest BCUT2D eigenvalue weighted by molar-refractivity contribution is 7.92. The van der Waals surface area contributed by atoms with E-state index in [4.69, 9.17) is 4.74 Å². The molecule has 0 saturated heterocycles. The number of para-hydroxylation sites is 2. The maximum absolute atomic E-state index is 13.8. The lowest BCUT2D eigenvalue weighted by Crippen LogP contribution is -2.17. The molecule has 0 aromatic heterocycles. The molecule has 2 N–H and O–H groups in total. The van der Waals surface area contributed by atoms with Crippen LogP contribution in [-0.4, -0.2) is 21.4 Å². The number of methoxy groups -OCH3 is 1. The minimum Gasteiger partial charge on any atom is -0.495 e. The first kappa shape index (κ1) is 20.3. The Balaban J connectivity index is 1.90. The number of rotatable bonds is 6. The average Bonchev–Trinajstić information content (AvgIpc) is 2.69. The van der Waals surface area contributed by atoms with Crippen LogP contribution in [0.1, 0.15) is 15.9 Å². The minimum atomic E-state index is -3.96. The Kier molecular flexibility index (Phi) is 5.84. The zero-order chi connectivity index (χ0) is 21.0. The van der Waals surface area contributed by atoms with Gasteiger partial charge in [0, 0.05) is 5.69 Å². The number of halogens is 1. The Labute approximate surface area is 168 Å². The maximum Gasteiger partial charge on any atom is 0.262 e. The molecular formula is C21H19FN2O4S. The van der Waals surface area contributed by atoms with Gasteiger partial charge in [0.05, 0.1) is 23.3 Å². The number of benzene rings is 3. The van der Waals surface area contributed by atoms with E-state index in [1.54, 1.807) is 49.4 Å². The molecule has 3 aromatic carbocycles. The highest BCUT2D eigenvalue weighted by Crippen LogP contribution is 2.28. The number of amides is 1. The van der Waals surface area contributed by atoms with Gasteiger partial charge in [0.2, 0.25) is 0 Å². The molecule has 0 aliphatic carbocycles. The highest BCUT2D eigenvalue weighted by Gasteiger charge is 2.20. The van der Waals surface area contributed by atoms with E-state index in [-0.39, 0.29) is 21.8 Å². The van der Waals surface area contributed by atoms with E-state index >= 15 is 0 Å². The molecule has 0 bridgehead atoms. The van der Waals surface area contributed by atoms with Crippen molar-refractivity contribution in [3.63, 3.8) is 0 Å². The number of carbonyl (C=O) groups excluding carboxylic acids is 1. The van der Waals surface area contributed by atoms with Gasteiger partial charge in [-0.1, -0.05) is 30.3 Å². The topological polar surface area (TPSA) is 84.5 Å². The lowest BCUT2D eigenvalue weighted by Gasteiger charge is -2.14. The van der Waals surface area contributed by atoms with E-state index in [1.807, 2.05) is 0 Å². The molecule has 0 aliphatic heterocycles. The summed E-state index contributed by atoms with van der Waals surface area (Å²) in [7, 11) is -2.52. The zero-order valence-electron chi connectivity index (χ0n) is 15.8. The largest absolute Gasteiger partial charge is 0.495 e. The van der Waals surface area contributed by atoms with Crippen molar-refractivity contribution in [3.05, 3.63) is 83.7 Å². The summed E-state index contributed by atoms with van der Waals surface area (Å²) in [6.45, 7) is 1.64. The Morgan fingerprint density at radius 2 is 1.69 bits per heavy atom. The fourth-order valence-electron chi connectivity index (χ4n) is 2.74. The quantitative estimate of drug-likeness (QED) is 0.633. The first-order chi connectivity index (χ1) is 13.8. The number of hydrogen-bond donors (Lipinski definition) is 2. The summed E-state index contributed by atoms with van der Waals surface area (Å²) in [6, 6.07) is 16.6. The zero-order valence-corrected chi connectivity index (χ0v) is 16.6. The van der Waals surface area contributed by atoms with Crippen molar-refractivity contribution in [2.45, 2.75) is 11.8 Å². The maximum atomic E-state index is 13.8. The monoisotopic (exact) mass is 414 g/mol. The molecule has 0 aliphatic rings. The van der Waals surface area contributed by atoms with Crippen LogP contribution < -0.4 is 14.8 Å². The molecule has 6 nitrogen and oxygen atoms in total. The number of sulfonamides is 1. The van der Waals surface area contributed by atoms with Crippen molar-refractivity contribution in [2.75, 3.05) is 17.1 Å². The van der Waals surface area contributed by atoms with Gasteiger partial charge in [0.15, 0.2) is 0 Å². The van der Waals surface area contributed by atoms with Crippen molar-refractivity contribution in [2.24, 2.45) is 0 Å². The van der Waals surface area contributed by atoms with Crippen LogP contribution in [0.4, 0.5) is 15.8 Å². The van der Waals surface area contributed by atoms with Gasteiger partial charge >= 0.3 is 0 Å². The molecule has 8 heteroatoms. The molecule has 3 rings (SSSR count). The molecule has 0 saturated carbocycles. The molecule has 0 spiro atoms. The van der Waals surface area contributed by atoms with E-state index in [2.05, 4.69) is 10.0 Å². The van der Waals surface area contributed by atoms with Crippen LogP contribution in [0.25, 0.3) is 0 Å². The summed E-state index contributed by atoms with van der Waals surface area (Å²) in [4.78, 5) is 12.3. The highest BCUT2D eigenvalue weighted by atomic mass is 32.2. The van der Waals surface area contributed by atoms with Gasteiger partial charge in [-0.3, -0.25) is 9.52 Å². The van der Waals surface area contributed by atoms with Crippen LogP contribution in [0.3, 0.4) is 0 Å². The van der Waals surface area contributed by atoms with Crippen molar-refractivity contribution in [1.29, 1.82) is 0 Å². The summed E-state index contributed by atoms with van der Waals surface area (Å²) in [5, 5.41) is 2.53. The van der Waals surface area contributed by atoms with E-state index in [1.165, 1.54) is 31.4 Å². The van der Waals surface area contributed by atoms with Gasteiger partial charge in [-0.05, 0) is 48.9 Å². The lowest BCUT2D eigenvalue weighted by molar-refractivity contribution is 0.102. The standard InChI is InChI=1S/C21H19FN2O4S/c1-14-11-12-15(23-21(25)16-7-3-4-8-17(16)22)13-20(14)29(26,27)24-18-9-5-6-10-19(18)28-2/h3-13,24H,1-2H3,(H,23,25). The number of aryl methyl sites for hydroxylation is 1. The second-order valence-corrected chi connectivity index (χ2v) is 7.87. The first-order valence-corrected chi connectivity index (χ1v) is 10.1. The first-order valence-electron chi connectivity index (χ1n) is 8.64. The molecule has 0 heterocycles. The molecular weight excluding hydrogens is 395 g/mol. The fourth-order valence-corrected chi connectivity index (χ4v) is 4.08. The van der Waals surface area contributed by atoms with Crippen LogP contribution in [-0.2, 0) is 10.0 Å². The predicted octanol–water partition coefficient (Wildman–Crippen LogP) is 4.20. The number of hydrogen-bond acceptors (Lipinski definition) is 4. The SMILES string of the molecule is COc1ccccc1NS(=O)(=O)c1cc(NC(=O)c2ccccc2F)ccc1C. The van der Waals surface area contributed by atoms with Gasteiger partial charge in [-0.2, -0.15) is 0 Å². The molecule has 0 atom stereocenters. The molecule has 1 amide bonds. The van der Waals surface area contributed by atoms with Crippen LogP contribution in [0.15, 0.2) is 71.6 Å². The molecule has 0 radical (unpaired) electrons. The van der Waals surface area contributed by atoms with Gasteiger partial charge in [-0.25, -0.2) is 12.8 Å². The van der Waals surface area contributed by atoms with Gasteiger partial charge < -0.3 is 10.1 Å². The third kappa shape index (κ3) is 4.55. The third-order valence-corrected chi connectivity index (χ3v) is 5.71. The van der Waals surface area contributed by atoms with Crippen molar-refractivity contribution >= 4 is 27.3 Å². The van der Waals surface area contributed by atoms with Crippen LogP contribution in [0, 0.1) is 12.7 Å². The second kappa shape index (κ2) is 8.32. The molecule has 150 valence electrons. The van der Waals surface area contributed by atoms with Crippen molar-refractivity contribution < 1.29 is 22.3 Å². The van der Waals surface area contributed by atoms with Crippen molar-refractivity contribution in [3.8, 4) is 5.75 Å². The van der Waals surface area contributed by atoms with Crippen LogP contribution in [0.5, 0.6) is 5.75 Å². The second-order valence-electron chi connectivity index (χ2n) is 6.22. The molecule has 0 fully saturated rings. The summed E-state index contributed by atoms with van der Waals surface area (Å²) < 4.78 is 47.3. The van der Waals surface area contributed by atoms with Crippen LogP contribution in [0.2, 0.25) is 0 Å². The molecule has 0 unspecified atom stereocenters. The number of ether oxygens (including phenoxy) is 1. The van der Waals surface area contributed by atoms with E-state index < -0.39 is 21.7 Å². The Bertz CT molecular complexity index is 1160. The lowest BCUT2D eigenvalue weighted by atomic mass is 10.2. The Morgan fingerprint density at radius 3 is 2.41 bits per heavy atom. The van der Waals surface area contributed by atoms with Crippen LogP contribution >= 0.6 is 0 Å². The van der Waals surface area contributed by atoms with Gasteiger partial charge in [0.1, 0.15) is 11.6 Å². The van der Waals surface area contributed by atoms with E-state index in [0.29, 0.717) is 11.3 Å². The van der Waals surface area contributed by atoms with E-state index in [9.17, 15) is 17.6 Å². The third-order valence-electron chi connectivity index (χ3n) is 4.21. The number of anilines is 2. The van der Waals surface area contributed by atoms with Gasteiger partial charge in [-0.15, -0.1) is 0 Å². The van der Waals surface area contributed by atoms with E-state index in [0.717, 1.165) is 0 Å². The predicted molar refractivity (Wildman–Crippen MR) is 109 cm³/mol. The summed E-state index contributed by atoms with van der Waals surface area (Å²) >= 11 is 0. The van der Waals surface area contributed by atoms with Crippen molar-refractivity contribution in [1.82, 2.24) is 0 Å². The molecule has 29 heavy (non-hydrogen) atoms. The average molecular weight is 414 g/mol. The summed E-state index contributed by atoms with van der Waals surface area (Å²) in [5.41, 5.74) is 0.861.